The zero-order valence-electron chi connectivity index (χ0n) is 17.0. The molecule has 2 aromatic carbocycles. The number of hydrogen-bond acceptors (Lipinski definition) is 5. The summed E-state index contributed by atoms with van der Waals surface area (Å²) in [5.41, 5.74) is 2.26. The zero-order chi connectivity index (χ0) is 21.1. The molecule has 2 aliphatic rings. The van der Waals surface area contributed by atoms with Crippen molar-refractivity contribution in [3.8, 4) is 0 Å². The number of halogens is 3. The molecule has 1 fully saturated rings. The summed E-state index contributed by atoms with van der Waals surface area (Å²) in [5.74, 6) is 0. The Morgan fingerprint density at radius 3 is 2.50 bits per heavy atom. The summed E-state index contributed by atoms with van der Waals surface area (Å²) in [6.45, 7) is 7.36. The number of para-hydroxylation sites is 2. The van der Waals surface area contributed by atoms with Crippen LogP contribution in [0.5, 0.6) is 0 Å². The second-order valence-corrected chi connectivity index (χ2v) is 7.54. The van der Waals surface area contributed by atoms with E-state index in [1.165, 1.54) is 12.1 Å². The molecule has 1 N–H and O–H groups in total. The second kappa shape index (κ2) is 8.73. The fourth-order valence-corrected chi connectivity index (χ4v) is 4.07. The molecule has 0 bridgehead atoms. The van der Waals surface area contributed by atoms with Crippen LogP contribution in [0, 0.1) is 0 Å². The Morgan fingerprint density at radius 2 is 1.77 bits per heavy atom. The first kappa shape index (κ1) is 20.8. The number of piperazine rings is 1. The Hall–Kier alpha value is -2.45. The van der Waals surface area contributed by atoms with E-state index in [-0.39, 0.29) is 6.35 Å². The molecule has 0 aliphatic carbocycles. The Morgan fingerprint density at radius 1 is 1.00 bits per heavy atom. The molecule has 5 nitrogen and oxygen atoms in total. The van der Waals surface area contributed by atoms with Crippen molar-refractivity contribution in [3.63, 3.8) is 0 Å². The fraction of sp³-hybridized carbons (Fsp3) is 0.455. The van der Waals surface area contributed by atoms with Crippen LogP contribution in [0.3, 0.4) is 0 Å². The molecule has 8 heteroatoms. The van der Waals surface area contributed by atoms with Gasteiger partial charge in [0.25, 0.3) is 0 Å². The summed E-state index contributed by atoms with van der Waals surface area (Å²) >= 11 is 0. The lowest BCUT2D eigenvalue weighted by Crippen LogP contribution is -2.50. The molecule has 0 spiro atoms. The molecule has 30 heavy (non-hydrogen) atoms. The first-order valence-electron chi connectivity index (χ1n) is 10.3. The van der Waals surface area contributed by atoms with Crippen LogP contribution < -0.4 is 15.1 Å². The van der Waals surface area contributed by atoms with Crippen molar-refractivity contribution in [2.24, 2.45) is 0 Å². The van der Waals surface area contributed by atoms with Gasteiger partial charge in [0.05, 0.1) is 16.9 Å². The Balaban J connectivity index is 1.33. The van der Waals surface area contributed by atoms with E-state index in [2.05, 4.69) is 27.2 Å². The summed E-state index contributed by atoms with van der Waals surface area (Å²) in [4.78, 5) is 6.62. The van der Waals surface area contributed by atoms with Crippen LogP contribution in [0.15, 0.2) is 48.5 Å². The monoisotopic (exact) mass is 420 g/mol. The molecule has 0 radical (unpaired) electrons. The van der Waals surface area contributed by atoms with Gasteiger partial charge >= 0.3 is 6.18 Å². The molecule has 1 unspecified atom stereocenters. The average molecular weight is 420 g/mol. The molecule has 4 rings (SSSR count). The van der Waals surface area contributed by atoms with Gasteiger partial charge in [0.15, 0.2) is 0 Å². The van der Waals surface area contributed by atoms with Gasteiger partial charge in [-0.1, -0.05) is 18.2 Å². The Labute approximate surface area is 175 Å². The maximum Gasteiger partial charge on any atom is 0.416 e. The van der Waals surface area contributed by atoms with Gasteiger partial charge in [0, 0.05) is 51.6 Å². The highest BCUT2D eigenvalue weighted by molar-refractivity contribution is 5.75. The highest BCUT2D eigenvalue weighted by Gasteiger charge is 2.32. The van der Waals surface area contributed by atoms with Crippen LogP contribution >= 0.6 is 0 Å². The predicted octanol–water partition coefficient (Wildman–Crippen LogP) is 4.08. The minimum absolute atomic E-state index is 0.168. The first-order valence-corrected chi connectivity index (χ1v) is 10.3. The molecular weight excluding hydrogens is 393 g/mol. The van der Waals surface area contributed by atoms with Crippen LogP contribution in [0.25, 0.3) is 0 Å². The summed E-state index contributed by atoms with van der Waals surface area (Å²) in [6.07, 6.45) is -4.48. The highest BCUT2D eigenvalue weighted by Crippen LogP contribution is 2.34. The van der Waals surface area contributed by atoms with E-state index in [9.17, 15) is 13.2 Å². The lowest BCUT2D eigenvalue weighted by atomic mass is 10.1. The number of alkyl halides is 3. The number of benzene rings is 2. The zero-order valence-corrected chi connectivity index (χ0v) is 17.0. The van der Waals surface area contributed by atoms with Gasteiger partial charge in [-0.15, -0.1) is 0 Å². The molecular formula is C22H27F3N4O. The Bertz CT molecular complexity index is 852. The lowest BCUT2D eigenvalue weighted by molar-refractivity contribution is -0.137. The molecule has 0 aromatic heterocycles. The molecule has 162 valence electrons. The molecule has 2 aromatic rings. The molecule has 0 saturated carbocycles. The maximum atomic E-state index is 13.0. The van der Waals surface area contributed by atoms with Gasteiger partial charge in [-0.2, -0.15) is 13.2 Å². The third-order valence-electron chi connectivity index (χ3n) is 5.67. The first-order chi connectivity index (χ1) is 14.5. The quantitative estimate of drug-likeness (QED) is 0.761. The minimum Gasteiger partial charge on any atom is -0.369 e. The third kappa shape index (κ3) is 4.49. The number of rotatable bonds is 6. The van der Waals surface area contributed by atoms with Crippen molar-refractivity contribution in [1.82, 2.24) is 4.90 Å². The van der Waals surface area contributed by atoms with Crippen LogP contribution in [-0.2, 0) is 10.9 Å². The van der Waals surface area contributed by atoms with Crippen molar-refractivity contribution in [2.75, 3.05) is 61.0 Å². The smallest absolute Gasteiger partial charge is 0.369 e. The summed E-state index contributed by atoms with van der Waals surface area (Å²) in [5, 5.41) is 3.40. The standard InChI is InChI=1S/C22H27F3N4O/c1-2-30-21-26-19-8-3-4-9-20(19)29(21)15-12-27-10-13-28(14-11-27)18-7-5-6-17(16-18)22(23,24)25/h3-9,16,21,26H,2,10-15H2,1H3. The predicted molar refractivity (Wildman–Crippen MR) is 113 cm³/mol. The molecule has 2 aliphatic heterocycles. The topological polar surface area (TPSA) is 31.0 Å². The average Bonchev–Trinajstić information content (AvgIpc) is 3.09. The van der Waals surface area contributed by atoms with Crippen LogP contribution in [0.4, 0.5) is 30.2 Å². The summed E-state index contributed by atoms with van der Waals surface area (Å²) in [6, 6.07) is 13.8. The van der Waals surface area contributed by atoms with E-state index in [4.69, 9.17) is 4.74 Å². The largest absolute Gasteiger partial charge is 0.416 e. The van der Waals surface area contributed by atoms with Crippen LogP contribution in [0.2, 0.25) is 0 Å². The molecule has 1 saturated heterocycles. The van der Waals surface area contributed by atoms with E-state index in [1.54, 1.807) is 6.07 Å². The number of nitrogens with one attached hydrogen (secondary N) is 1. The van der Waals surface area contributed by atoms with Crippen molar-refractivity contribution in [2.45, 2.75) is 19.5 Å². The molecule has 1 atom stereocenters. The van der Waals surface area contributed by atoms with Gasteiger partial charge in [-0.25, -0.2) is 0 Å². The number of ether oxygens (including phenoxy) is 1. The Kier molecular flexibility index (Phi) is 6.06. The van der Waals surface area contributed by atoms with E-state index in [0.29, 0.717) is 25.4 Å². The van der Waals surface area contributed by atoms with E-state index in [0.717, 1.165) is 43.6 Å². The normalized spacial score (nSPS) is 19.7. The lowest BCUT2D eigenvalue weighted by Gasteiger charge is -2.37. The number of nitrogens with zero attached hydrogens (tertiary/aromatic N) is 3. The highest BCUT2D eigenvalue weighted by atomic mass is 19.4. The molecule has 0 amide bonds. The van der Waals surface area contributed by atoms with E-state index >= 15 is 0 Å². The summed E-state index contributed by atoms with van der Waals surface area (Å²) in [7, 11) is 0. The van der Waals surface area contributed by atoms with Gasteiger partial charge in [0.2, 0.25) is 6.35 Å². The van der Waals surface area contributed by atoms with Gasteiger partial charge in [-0.3, -0.25) is 4.90 Å². The number of fused-ring (bicyclic) bond motifs is 1. The van der Waals surface area contributed by atoms with Gasteiger partial charge in [-0.05, 0) is 37.3 Å². The summed E-state index contributed by atoms with van der Waals surface area (Å²) < 4.78 is 44.8. The SMILES string of the molecule is CCOC1Nc2ccccc2N1CCN1CCN(c2cccc(C(F)(F)F)c2)CC1. The van der Waals surface area contributed by atoms with E-state index < -0.39 is 11.7 Å². The van der Waals surface area contributed by atoms with Crippen LogP contribution in [-0.4, -0.2) is 57.1 Å². The van der Waals surface area contributed by atoms with Crippen molar-refractivity contribution < 1.29 is 17.9 Å². The van der Waals surface area contributed by atoms with Gasteiger partial charge < -0.3 is 19.9 Å². The minimum atomic E-state index is -4.31. The van der Waals surface area contributed by atoms with Crippen molar-refractivity contribution >= 4 is 17.1 Å². The second-order valence-electron chi connectivity index (χ2n) is 7.54. The number of hydrogen-bond donors (Lipinski definition) is 1. The van der Waals surface area contributed by atoms with Gasteiger partial charge in [0.1, 0.15) is 0 Å². The van der Waals surface area contributed by atoms with Crippen LogP contribution in [0.1, 0.15) is 12.5 Å². The molecule has 2 heterocycles. The third-order valence-corrected chi connectivity index (χ3v) is 5.67. The van der Waals surface area contributed by atoms with E-state index in [1.807, 2.05) is 24.0 Å². The fourth-order valence-electron chi connectivity index (χ4n) is 4.07. The van der Waals surface area contributed by atoms with Crippen molar-refractivity contribution in [1.29, 1.82) is 0 Å². The maximum absolute atomic E-state index is 13.0. The van der Waals surface area contributed by atoms with Crippen molar-refractivity contribution in [3.05, 3.63) is 54.1 Å². The number of anilines is 3.